The van der Waals surface area contributed by atoms with Gasteiger partial charge >= 0.3 is 0 Å². The van der Waals surface area contributed by atoms with Crippen molar-refractivity contribution < 1.29 is 4.74 Å². The van der Waals surface area contributed by atoms with Crippen molar-refractivity contribution in [1.29, 1.82) is 0 Å². The summed E-state index contributed by atoms with van der Waals surface area (Å²) in [5.74, 6) is 1.61. The molecular formula is C15H17N3OS. The van der Waals surface area contributed by atoms with Crippen LogP contribution in [0.2, 0.25) is 0 Å². The summed E-state index contributed by atoms with van der Waals surface area (Å²) < 4.78 is 5.19. The lowest BCUT2D eigenvalue weighted by molar-refractivity contribution is 0.414. The van der Waals surface area contributed by atoms with Crippen LogP contribution < -0.4 is 15.4 Å². The Morgan fingerprint density at radius 2 is 2.15 bits per heavy atom. The number of hydrogen-bond donors (Lipinski definition) is 2. The van der Waals surface area contributed by atoms with Gasteiger partial charge in [-0.3, -0.25) is 0 Å². The number of nitrogens with one attached hydrogen (secondary N) is 2. The average molecular weight is 287 g/mol. The van der Waals surface area contributed by atoms with Crippen molar-refractivity contribution in [3.8, 4) is 5.75 Å². The molecule has 1 aromatic heterocycles. The van der Waals surface area contributed by atoms with Crippen LogP contribution in [0, 0.1) is 0 Å². The lowest BCUT2D eigenvalue weighted by atomic mass is 10.1. The molecule has 4 nitrogen and oxygen atoms in total. The number of thiocarbonyl (C=S) groups is 1. The Labute approximate surface area is 124 Å². The molecule has 0 fully saturated rings. The van der Waals surface area contributed by atoms with Gasteiger partial charge in [0.2, 0.25) is 0 Å². The predicted octanol–water partition coefficient (Wildman–Crippen LogP) is 2.62. The van der Waals surface area contributed by atoms with Crippen molar-refractivity contribution in [3.63, 3.8) is 0 Å². The minimum Gasteiger partial charge on any atom is -0.497 e. The summed E-state index contributed by atoms with van der Waals surface area (Å²) in [5, 5.41) is 6.77. The third kappa shape index (κ3) is 4.51. The van der Waals surface area contributed by atoms with Gasteiger partial charge in [-0.15, -0.1) is 0 Å². The molecule has 2 N–H and O–H groups in total. The SMILES string of the molecule is COc1cccc(CCNC(=S)Nc2ccccn2)c1. The maximum absolute atomic E-state index is 5.21. The maximum atomic E-state index is 5.21. The first kappa shape index (κ1) is 14.3. The zero-order valence-electron chi connectivity index (χ0n) is 11.3. The summed E-state index contributed by atoms with van der Waals surface area (Å²) in [5.41, 5.74) is 1.21. The first-order valence-corrected chi connectivity index (χ1v) is 6.77. The van der Waals surface area contributed by atoms with Gasteiger partial charge in [0.05, 0.1) is 7.11 Å². The van der Waals surface area contributed by atoms with E-state index in [1.54, 1.807) is 13.3 Å². The van der Waals surface area contributed by atoms with Gasteiger partial charge in [-0.2, -0.15) is 0 Å². The number of ether oxygens (including phenoxy) is 1. The largest absolute Gasteiger partial charge is 0.497 e. The van der Waals surface area contributed by atoms with E-state index in [1.807, 2.05) is 36.4 Å². The summed E-state index contributed by atoms with van der Waals surface area (Å²) in [7, 11) is 1.67. The Morgan fingerprint density at radius 1 is 1.25 bits per heavy atom. The van der Waals surface area contributed by atoms with Crippen LogP contribution in [0.5, 0.6) is 5.75 Å². The molecule has 1 heterocycles. The number of anilines is 1. The van der Waals surface area contributed by atoms with E-state index in [1.165, 1.54) is 5.56 Å². The van der Waals surface area contributed by atoms with Crippen molar-refractivity contribution in [3.05, 3.63) is 54.2 Å². The van der Waals surface area contributed by atoms with Crippen LogP contribution in [-0.2, 0) is 6.42 Å². The zero-order chi connectivity index (χ0) is 14.2. The molecule has 0 saturated carbocycles. The quantitative estimate of drug-likeness (QED) is 0.828. The molecule has 0 radical (unpaired) electrons. The van der Waals surface area contributed by atoms with Gasteiger partial charge < -0.3 is 15.4 Å². The molecule has 5 heteroatoms. The van der Waals surface area contributed by atoms with Gasteiger partial charge in [-0.05, 0) is 48.5 Å². The highest BCUT2D eigenvalue weighted by molar-refractivity contribution is 7.80. The third-order valence-corrected chi connectivity index (χ3v) is 2.99. The fourth-order valence-corrected chi connectivity index (χ4v) is 1.95. The number of nitrogens with zero attached hydrogens (tertiary/aromatic N) is 1. The van der Waals surface area contributed by atoms with E-state index in [-0.39, 0.29) is 0 Å². The lowest BCUT2D eigenvalue weighted by Gasteiger charge is -2.10. The van der Waals surface area contributed by atoms with Crippen LogP contribution in [0.1, 0.15) is 5.56 Å². The first-order valence-electron chi connectivity index (χ1n) is 6.37. The molecule has 2 rings (SSSR count). The standard InChI is InChI=1S/C15H17N3OS/c1-19-13-6-4-5-12(11-13)8-10-17-15(20)18-14-7-2-3-9-16-14/h2-7,9,11H,8,10H2,1H3,(H2,16,17,18,20). The van der Waals surface area contributed by atoms with Crippen LogP contribution in [-0.4, -0.2) is 23.8 Å². The molecule has 0 aliphatic heterocycles. The normalized spacial score (nSPS) is 9.85. The first-order chi connectivity index (χ1) is 9.78. The van der Waals surface area contributed by atoms with E-state index >= 15 is 0 Å². The third-order valence-electron chi connectivity index (χ3n) is 2.74. The van der Waals surface area contributed by atoms with Crippen molar-refractivity contribution in [2.24, 2.45) is 0 Å². The van der Waals surface area contributed by atoms with Crippen LogP contribution >= 0.6 is 12.2 Å². The molecule has 2 aromatic rings. The Hall–Kier alpha value is -2.14. The Morgan fingerprint density at radius 3 is 2.90 bits per heavy atom. The lowest BCUT2D eigenvalue weighted by Crippen LogP contribution is -2.30. The van der Waals surface area contributed by atoms with E-state index in [0.717, 1.165) is 24.5 Å². The van der Waals surface area contributed by atoms with Gasteiger partial charge in [-0.1, -0.05) is 18.2 Å². The van der Waals surface area contributed by atoms with Crippen molar-refractivity contribution in [1.82, 2.24) is 10.3 Å². The van der Waals surface area contributed by atoms with Gasteiger partial charge in [0.1, 0.15) is 11.6 Å². The molecule has 104 valence electrons. The molecule has 0 atom stereocenters. The summed E-state index contributed by atoms with van der Waals surface area (Å²) in [6, 6.07) is 13.7. The van der Waals surface area contributed by atoms with E-state index in [4.69, 9.17) is 17.0 Å². The molecule has 0 bridgehead atoms. The van der Waals surface area contributed by atoms with Crippen LogP contribution in [0.4, 0.5) is 5.82 Å². The van der Waals surface area contributed by atoms with Gasteiger partial charge in [0.25, 0.3) is 0 Å². The minimum atomic E-state index is 0.576. The fraction of sp³-hybridized carbons (Fsp3) is 0.200. The summed E-state index contributed by atoms with van der Waals surface area (Å²) in [4.78, 5) is 4.15. The van der Waals surface area contributed by atoms with Gasteiger partial charge in [0, 0.05) is 12.7 Å². The molecule has 0 amide bonds. The second-order valence-corrected chi connectivity index (χ2v) is 4.61. The van der Waals surface area contributed by atoms with E-state index in [2.05, 4.69) is 21.7 Å². The Bertz CT molecular complexity index is 560. The van der Waals surface area contributed by atoms with Gasteiger partial charge in [0.15, 0.2) is 5.11 Å². The maximum Gasteiger partial charge on any atom is 0.171 e. The molecule has 0 spiro atoms. The molecule has 0 aliphatic rings. The molecule has 0 saturated heterocycles. The summed E-state index contributed by atoms with van der Waals surface area (Å²) in [6.45, 7) is 0.756. The second kappa shape index (κ2) is 7.45. The molecule has 1 aromatic carbocycles. The summed E-state index contributed by atoms with van der Waals surface area (Å²) >= 11 is 5.21. The van der Waals surface area contributed by atoms with Gasteiger partial charge in [-0.25, -0.2) is 4.98 Å². The highest BCUT2D eigenvalue weighted by Gasteiger charge is 1.99. The minimum absolute atomic E-state index is 0.576. The van der Waals surface area contributed by atoms with Crippen LogP contribution in [0.3, 0.4) is 0 Å². The number of rotatable bonds is 5. The molecule has 0 aliphatic carbocycles. The summed E-state index contributed by atoms with van der Waals surface area (Å²) in [6.07, 6.45) is 2.60. The van der Waals surface area contributed by atoms with Crippen molar-refractivity contribution >= 4 is 23.1 Å². The highest BCUT2D eigenvalue weighted by atomic mass is 32.1. The number of pyridine rings is 1. The smallest absolute Gasteiger partial charge is 0.171 e. The van der Waals surface area contributed by atoms with Crippen molar-refractivity contribution in [2.75, 3.05) is 19.0 Å². The van der Waals surface area contributed by atoms with E-state index in [0.29, 0.717) is 5.11 Å². The second-order valence-electron chi connectivity index (χ2n) is 4.20. The number of benzene rings is 1. The number of aromatic nitrogens is 1. The van der Waals surface area contributed by atoms with Crippen molar-refractivity contribution in [2.45, 2.75) is 6.42 Å². The Kier molecular flexibility index (Phi) is 5.32. The van der Waals surface area contributed by atoms with Crippen LogP contribution in [0.25, 0.3) is 0 Å². The van der Waals surface area contributed by atoms with Crippen LogP contribution in [0.15, 0.2) is 48.7 Å². The number of hydrogen-bond acceptors (Lipinski definition) is 3. The highest BCUT2D eigenvalue weighted by Crippen LogP contribution is 2.12. The van der Waals surface area contributed by atoms with E-state index in [9.17, 15) is 0 Å². The topological polar surface area (TPSA) is 46.2 Å². The predicted molar refractivity (Wildman–Crippen MR) is 85.2 cm³/mol. The zero-order valence-corrected chi connectivity index (χ0v) is 12.1. The number of methoxy groups -OCH3 is 1. The van der Waals surface area contributed by atoms with E-state index < -0.39 is 0 Å². The Balaban J connectivity index is 1.76. The molecule has 20 heavy (non-hydrogen) atoms. The fourth-order valence-electron chi connectivity index (χ4n) is 1.75. The molecule has 0 unspecified atom stereocenters. The molecular weight excluding hydrogens is 270 g/mol. The monoisotopic (exact) mass is 287 g/mol. The average Bonchev–Trinajstić information content (AvgIpc) is 2.48.